The molecule has 0 radical (unpaired) electrons. The van der Waals surface area contributed by atoms with Gasteiger partial charge < -0.3 is 5.73 Å². The highest BCUT2D eigenvalue weighted by Gasteiger charge is 2.07. The standard InChI is InChI=1S/C11H9BrN4S/c12-10-3-2-9(17-10)8-1-4-11-14-6-7(5-13)16(11)15-8/h1-4,6H,5,13H2. The molecule has 0 unspecified atom stereocenters. The van der Waals surface area contributed by atoms with Gasteiger partial charge in [-0.25, -0.2) is 9.50 Å². The molecule has 0 aliphatic carbocycles. The molecule has 0 spiro atoms. The molecule has 0 saturated carbocycles. The smallest absolute Gasteiger partial charge is 0.153 e. The Balaban J connectivity index is 2.18. The van der Waals surface area contributed by atoms with Gasteiger partial charge in [-0.15, -0.1) is 11.3 Å². The van der Waals surface area contributed by atoms with Gasteiger partial charge in [-0.2, -0.15) is 5.10 Å². The number of imidazole rings is 1. The molecule has 3 aromatic rings. The Bertz CT molecular complexity index is 673. The van der Waals surface area contributed by atoms with Gasteiger partial charge in [0.2, 0.25) is 0 Å². The second-order valence-corrected chi connectivity index (χ2v) is 6.01. The van der Waals surface area contributed by atoms with E-state index >= 15 is 0 Å². The van der Waals surface area contributed by atoms with Crippen LogP contribution in [-0.2, 0) is 6.54 Å². The van der Waals surface area contributed by atoms with Crippen molar-refractivity contribution in [2.45, 2.75) is 6.54 Å². The van der Waals surface area contributed by atoms with Crippen LogP contribution in [0.25, 0.3) is 16.2 Å². The van der Waals surface area contributed by atoms with Crippen LogP contribution in [0.4, 0.5) is 0 Å². The molecule has 86 valence electrons. The number of rotatable bonds is 2. The summed E-state index contributed by atoms with van der Waals surface area (Å²) in [7, 11) is 0. The van der Waals surface area contributed by atoms with E-state index in [9.17, 15) is 0 Å². The van der Waals surface area contributed by atoms with Gasteiger partial charge in [0.05, 0.1) is 20.6 Å². The van der Waals surface area contributed by atoms with Crippen molar-refractivity contribution < 1.29 is 0 Å². The summed E-state index contributed by atoms with van der Waals surface area (Å²) >= 11 is 5.11. The van der Waals surface area contributed by atoms with E-state index in [2.05, 4.69) is 26.0 Å². The lowest BCUT2D eigenvalue weighted by Crippen LogP contribution is -2.03. The van der Waals surface area contributed by atoms with Gasteiger partial charge in [0.25, 0.3) is 0 Å². The molecule has 2 N–H and O–H groups in total. The summed E-state index contributed by atoms with van der Waals surface area (Å²) in [5, 5.41) is 4.55. The highest BCUT2D eigenvalue weighted by molar-refractivity contribution is 9.11. The van der Waals surface area contributed by atoms with Gasteiger partial charge in [-0.1, -0.05) is 0 Å². The second-order valence-electron chi connectivity index (χ2n) is 3.55. The summed E-state index contributed by atoms with van der Waals surface area (Å²) in [5.41, 5.74) is 8.32. The predicted molar refractivity (Wildman–Crippen MR) is 71.9 cm³/mol. The average molecular weight is 309 g/mol. The lowest BCUT2D eigenvalue weighted by molar-refractivity contribution is 0.850. The van der Waals surface area contributed by atoms with Crippen LogP contribution in [0, 0.1) is 0 Å². The number of thiophene rings is 1. The molecule has 4 nitrogen and oxygen atoms in total. The molecule has 0 aliphatic heterocycles. The van der Waals surface area contributed by atoms with Crippen LogP contribution < -0.4 is 5.73 Å². The first-order valence-electron chi connectivity index (χ1n) is 5.07. The fourth-order valence-corrected chi connectivity index (χ4v) is 2.99. The molecule has 3 aromatic heterocycles. The Labute approximate surface area is 110 Å². The first kappa shape index (κ1) is 10.9. The number of hydrogen-bond donors (Lipinski definition) is 1. The normalized spacial score (nSPS) is 11.2. The second kappa shape index (κ2) is 4.21. The number of hydrogen-bond acceptors (Lipinski definition) is 4. The highest BCUT2D eigenvalue weighted by atomic mass is 79.9. The molecule has 0 aromatic carbocycles. The van der Waals surface area contributed by atoms with Crippen molar-refractivity contribution in [3.63, 3.8) is 0 Å². The number of halogens is 1. The summed E-state index contributed by atoms with van der Waals surface area (Å²) < 4.78 is 2.89. The molecular formula is C11H9BrN4S. The van der Waals surface area contributed by atoms with Crippen molar-refractivity contribution in [2.24, 2.45) is 5.73 Å². The van der Waals surface area contributed by atoms with Crippen LogP contribution in [-0.4, -0.2) is 14.6 Å². The molecule has 0 amide bonds. The molecule has 0 bridgehead atoms. The van der Waals surface area contributed by atoms with Crippen LogP contribution in [0.3, 0.4) is 0 Å². The summed E-state index contributed by atoms with van der Waals surface area (Å²) in [5.74, 6) is 0. The zero-order chi connectivity index (χ0) is 11.8. The average Bonchev–Trinajstić information content (AvgIpc) is 2.94. The van der Waals surface area contributed by atoms with E-state index in [-0.39, 0.29) is 0 Å². The SMILES string of the molecule is NCc1cnc2ccc(-c3ccc(Br)s3)nn12. The molecule has 0 aliphatic rings. The largest absolute Gasteiger partial charge is 0.325 e. The summed E-state index contributed by atoms with van der Waals surface area (Å²) in [6, 6.07) is 7.99. The first-order chi connectivity index (χ1) is 8.28. The van der Waals surface area contributed by atoms with E-state index in [4.69, 9.17) is 5.73 Å². The van der Waals surface area contributed by atoms with Gasteiger partial charge in [-0.05, 0) is 40.2 Å². The zero-order valence-corrected chi connectivity index (χ0v) is 11.2. The highest BCUT2D eigenvalue weighted by Crippen LogP contribution is 2.30. The van der Waals surface area contributed by atoms with Gasteiger partial charge >= 0.3 is 0 Å². The molecule has 17 heavy (non-hydrogen) atoms. The topological polar surface area (TPSA) is 56.2 Å². The monoisotopic (exact) mass is 308 g/mol. The quantitative estimate of drug-likeness (QED) is 0.792. The van der Waals surface area contributed by atoms with E-state index in [1.165, 1.54) is 0 Å². The van der Waals surface area contributed by atoms with Crippen molar-refractivity contribution >= 4 is 32.9 Å². The number of nitrogens with two attached hydrogens (primary N) is 1. The minimum Gasteiger partial charge on any atom is -0.325 e. The summed E-state index contributed by atoms with van der Waals surface area (Å²) in [4.78, 5) is 5.36. The third kappa shape index (κ3) is 1.88. The van der Waals surface area contributed by atoms with Crippen LogP contribution >= 0.6 is 27.3 Å². The van der Waals surface area contributed by atoms with E-state index in [1.54, 1.807) is 22.0 Å². The molecule has 6 heteroatoms. The Morgan fingerprint density at radius 2 is 2.18 bits per heavy atom. The fourth-order valence-electron chi connectivity index (χ4n) is 1.64. The third-order valence-electron chi connectivity index (χ3n) is 2.47. The van der Waals surface area contributed by atoms with Gasteiger partial charge in [-0.3, -0.25) is 0 Å². The maximum Gasteiger partial charge on any atom is 0.153 e. The fraction of sp³-hybridized carbons (Fsp3) is 0.0909. The van der Waals surface area contributed by atoms with Crippen molar-refractivity contribution in [3.8, 4) is 10.6 Å². The van der Waals surface area contributed by atoms with Crippen molar-refractivity contribution in [1.29, 1.82) is 0 Å². The first-order valence-corrected chi connectivity index (χ1v) is 6.68. The minimum absolute atomic E-state index is 0.436. The van der Waals surface area contributed by atoms with Crippen LogP contribution in [0.1, 0.15) is 5.69 Å². The van der Waals surface area contributed by atoms with Crippen molar-refractivity contribution in [3.05, 3.63) is 39.9 Å². The Hall–Kier alpha value is -1.24. The Morgan fingerprint density at radius 1 is 1.29 bits per heavy atom. The summed E-state index contributed by atoms with van der Waals surface area (Å²) in [6.07, 6.45) is 1.76. The number of nitrogens with zero attached hydrogens (tertiary/aromatic N) is 3. The molecule has 0 atom stereocenters. The minimum atomic E-state index is 0.436. The maximum atomic E-state index is 5.65. The summed E-state index contributed by atoms with van der Waals surface area (Å²) in [6.45, 7) is 0.436. The van der Waals surface area contributed by atoms with Crippen LogP contribution in [0.5, 0.6) is 0 Å². The molecule has 3 rings (SSSR count). The predicted octanol–water partition coefficient (Wildman–Crippen LogP) is 2.68. The van der Waals surface area contributed by atoms with Crippen molar-refractivity contribution in [1.82, 2.24) is 14.6 Å². The van der Waals surface area contributed by atoms with Gasteiger partial charge in [0.1, 0.15) is 5.69 Å². The molecule has 0 fully saturated rings. The van der Waals surface area contributed by atoms with E-state index in [0.717, 1.165) is 25.7 Å². The Morgan fingerprint density at radius 3 is 2.88 bits per heavy atom. The van der Waals surface area contributed by atoms with Crippen LogP contribution in [0.2, 0.25) is 0 Å². The third-order valence-corrected chi connectivity index (χ3v) is 4.11. The molecule has 3 heterocycles. The maximum absolute atomic E-state index is 5.65. The molecular weight excluding hydrogens is 300 g/mol. The van der Waals surface area contributed by atoms with Crippen molar-refractivity contribution in [2.75, 3.05) is 0 Å². The Kier molecular flexibility index (Phi) is 2.70. The number of fused-ring (bicyclic) bond motifs is 1. The van der Waals surface area contributed by atoms with E-state index in [1.807, 2.05) is 24.3 Å². The zero-order valence-electron chi connectivity index (χ0n) is 8.80. The van der Waals surface area contributed by atoms with Gasteiger partial charge in [0.15, 0.2) is 5.65 Å². The molecule has 0 saturated heterocycles. The lowest BCUT2D eigenvalue weighted by Gasteiger charge is -2.00. The lowest BCUT2D eigenvalue weighted by atomic mass is 10.3. The van der Waals surface area contributed by atoms with Crippen LogP contribution in [0.15, 0.2) is 34.2 Å². The van der Waals surface area contributed by atoms with E-state index in [0.29, 0.717) is 6.54 Å². The number of aromatic nitrogens is 3. The van der Waals surface area contributed by atoms with E-state index < -0.39 is 0 Å². The van der Waals surface area contributed by atoms with Gasteiger partial charge in [0, 0.05) is 6.54 Å².